The Labute approximate surface area is 140 Å². The zero-order valence-corrected chi connectivity index (χ0v) is 13.3. The molecule has 24 heavy (non-hydrogen) atoms. The maximum atomic E-state index is 13.9. The van der Waals surface area contributed by atoms with E-state index >= 15 is 0 Å². The monoisotopic (exact) mass is 329 g/mol. The highest BCUT2D eigenvalue weighted by Crippen LogP contribution is 2.24. The van der Waals surface area contributed by atoms with Crippen LogP contribution in [0.25, 0.3) is 0 Å². The highest BCUT2D eigenvalue weighted by molar-refractivity contribution is 5.94. The highest BCUT2D eigenvalue weighted by Gasteiger charge is 2.38. The quantitative estimate of drug-likeness (QED) is 0.936. The lowest BCUT2D eigenvalue weighted by atomic mass is 9.93. The molecule has 0 aliphatic carbocycles. The molecule has 1 saturated heterocycles. The summed E-state index contributed by atoms with van der Waals surface area (Å²) >= 11 is 0. The van der Waals surface area contributed by atoms with Gasteiger partial charge < -0.3 is 14.7 Å². The molecule has 0 aromatic heterocycles. The molecular formula is C19H20FNO3. The van der Waals surface area contributed by atoms with Gasteiger partial charge in [0, 0.05) is 13.0 Å². The van der Waals surface area contributed by atoms with Crippen molar-refractivity contribution in [3.8, 4) is 0 Å². The van der Waals surface area contributed by atoms with Crippen molar-refractivity contribution in [1.29, 1.82) is 0 Å². The molecule has 0 unspecified atom stereocenters. The molecule has 3 rings (SSSR count). The van der Waals surface area contributed by atoms with Crippen molar-refractivity contribution < 1.29 is 19.0 Å². The van der Waals surface area contributed by atoms with E-state index in [1.165, 1.54) is 12.1 Å². The first-order chi connectivity index (χ1) is 11.6. The normalized spacial score (nSPS) is 20.8. The Morgan fingerprint density at radius 1 is 1.17 bits per heavy atom. The molecule has 126 valence electrons. The van der Waals surface area contributed by atoms with Gasteiger partial charge in [0.05, 0.1) is 25.3 Å². The van der Waals surface area contributed by atoms with Crippen LogP contribution in [0.3, 0.4) is 0 Å². The SMILES string of the molecule is O=C(c1ccccc1F)N1CCO[C@@](CO)(Cc2ccccc2)C1. The first-order valence-corrected chi connectivity index (χ1v) is 7.96. The van der Waals surface area contributed by atoms with Crippen LogP contribution < -0.4 is 0 Å². The summed E-state index contributed by atoms with van der Waals surface area (Å²) in [6.45, 7) is 0.714. The van der Waals surface area contributed by atoms with Gasteiger partial charge >= 0.3 is 0 Å². The number of morpholine rings is 1. The van der Waals surface area contributed by atoms with Crippen LogP contribution in [0.4, 0.5) is 4.39 Å². The molecule has 1 fully saturated rings. The Bertz CT molecular complexity index is 707. The summed E-state index contributed by atoms with van der Waals surface area (Å²) < 4.78 is 19.7. The molecule has 4 nitrogen and oxygen atoms in total. The van der Waals surface area contributed by atoms with Crippen LogP contribution in [0.15, 0.2) is 54.6 Å². The highest BCUT2D eigenvalue weighted by atomic mass is 19.1. The third-order valence-corrected chi connectivity index (χ3v) is 4.30. The number of nitrogens with zero attached hydrogens (tertiary/aromatic N) is 1. The van der Waals surface area contributed by atoms with Crippen molar-refractivity contribution in [1.82, 2.24) is 4.90 Å². The first-order valence-electron chi connectivity index (χ1n) is 7.96. The second-order valence-corrected chi connectivity index (χ2v) is 6.06. The average Bonchev–Trinajstić information content (AvgIpc) is 2.62. The van der Waals surface area contributed by atoms with Crippen molar-refractivity contribution in [2.75, 3.05) is 26.3 Å². The molecule has 0 bridgehead atoms. The fraction of sp³-hybridized carbons (Fsp3) is 0.316. The third-order valence-electron chi connectivity index (χ3n) is 4.30. The zero-order chi connectivity index (χ0) is 17.0. The number of rotatable bonds is 4. The molecule has 1 heterocycles. The van der Waals surface area contributed by atoms with Gasteiger partial charge in [-0.15, -0.1) is 0 Å². The largest absolute Gasteiger partial charge is 0.393 e. The maximum absolute atomic E-state index is 13.9. The van der Waals surface area contributed by atoms with Crippen molar-refractivity contribution >= 4 is 5.91 Å². The lowest BCUT2D eigenvalue weighted by Crippen LogP contribution is -2.56. The fourth-order valence-electron chi connectivity index (χ4n) is 3.05. The Balaban J connectivity index is 1.79. The van der Waals surface area contributed by atoms with Gasteiger partial charge in [-0.3, -0.25) is 4.79 Å². The van der Waals surface area contributed by atoms with Crippen LogP contribution in [0.2, 0.25) is 0 Å². The number of hydrogen-bond donors (Lipinski definition) is 1. The van der Waals surface area contributed by atoms with E-state index in [1.54, 1.807) is 17.0 Å². The van der Waals surface area contributed by atoms with Gasteiger partial charge in [-0.25, -0.2) is 4.39 Å². The average molecular weight is 329 g/mol. The molecule has 1 N–H and O–H groups in total. The summed E-state index contributed by atoms with van der Waals surface area (Å²) in [6, 6.07) is 15.6. The van der Waals surface area contributed by atoms with E-state index < -0.39 is 11.4 Å². The molecule has 1 aliphatic rings. The number of halogens is 1. The summed E-state index contributed by atoms with van der Waals surface area (Å²) in [5, 5.41) is 9.89. The van der Waals surface area contributed by atoms with E-state index in [1.807, 2.05) is 30.3 Å². The second kappa shape index (κ2) is 7.11. The molecule has 0 saturated carbocycles. The van der Waals surface area contributed by atoms with Crippen LogP contribution in [0, 0.1) is 5.82 Å². The number of aliphatic hydroxyl groups excluding tert-OH is 1. The minimum absolute atomic E-state index is 0.0472. The van der Waals surface area contributed by atoms with Crippen molar-refractivity contribution in [2.24, 2.45) is 0 Å². The summed E-state index contributed by atoms with van der Waals surface area (Å²) in [6.07, 6.45) is 0.491. The number of amides is 1. The third kappa shape index (κ3) is 3.47. The van der Waals surface area contributed by atoms with Gasteiger partial charge in [0.2, 0.25) is 0 Å². The van der Waals surface area contributed by atoms with Gasteiger partial charge in [-0.1, -0.05) is 42.5 Å². The Kier molecular flexibility index (Phi) is 4.92. The lowest BCUT2D eigenvalue weighted by molar-refractivity contribution is -0.123. The van der Waals surface area contributed by atoms with Crippen LogP contribution >= 0.6 is 0 Å². The van der Waals surface area contributed by atoms with E-state index in [4.69, 9.17) is 4.74 Å². The van der Waals surface area contributed by atoms with E-state index in [2.05, 4.69) is 0 Å². The Hall–Kier alpha value is -2.24. The lowest BCUT2D eigenvalue weighted by Gasteiger charge is -2.42. The van der Waals surface area contributed by atoms with Crippen LogP contribution in [-0.4, -0.2) is 47.8 Å². The maximum Gasteiger partial charge on any atom is 0.257 e. The smallest absolute Gasteiger partial charge is 0.257 e. The van der Waals surface area contributed by atoms with Crippen LogP contribution in [-0.2, 0) is 11.2 Å². The number of benzene rings is 2. The summed E-state index contributed by atoms with van der Waals surface area (Å²) in [7, 11) is 0. The number of carbonyl (C=O) groups is 1. The molecule has 1 atom stereocenters. The van der Waals surface area contributed by atoms with E-state index in [0.29, 0.717) is 19.6 Å². The number of ether oxygens (including phenoxy) is 1. The van der Waals surface area contributed by atoms with E-state index in [0.717, 1.165) is 5.56 Å². The first kappa shape index (κ1) is 16.6. The van der Waals surface area contributed by atoms with Gasteiger partial charge in [0.1, 0.15) is 11.4 Å². The fourth-order valence-corrected chi connectivity index (χ4v) is 3.05. The molecular weight excluding hydrogens is 309 g/mol. The molecule has 2 aromatic carbocycles. The summed E-state index contributed by atoms with van der Waals surface area (Å²) in [4.78, 5) is 14.2. The van der Waals surface area contributed by atoms with Gasteiger partial charge in [0.15, 0.2) is 0 Å². The zero-order valence-electron chi connectivity index (χ0n) is 13.3. The molecule has 1 aliphatic heterocycles. The van der Waals surface area contributed by atoms with E-state index in [-0.39, 0.29) is 24.6 Å². The van der Waals surface area contributed by atoms with Gasteiger partial charge in [-0.2, -0.15) is 0 Å². The van der Waals surface area contributed by atoms with Gasteiger partial charge in [0.25, 0.3) is 5.91 Å². The standard InChI is InChI=1S/C19H20FNO3/c20-17-9-5-4-8-16(17)18(23)21-10-11-24-19(13-21,14-22)12-15-6-2-1-3-7-15/h1-9,22H,10-14H2/t19-/m0/s1. The van der Waals surface area contributed by atoms with Crippen molar-refractivity contribution in [3.05, 3.63) is 71.5 Å². The second-order valence-electron chi connectivity index (χ2n) is 6.06. The number of hydrogen-bond acceptors (Lipinski definition) is 3. The summed E-state index contributed by atoms with van der Waals surface area (Å²) in [5.74, 6) is -0.908. The minimum atomic E-state index is -0.861. The van der Waals surface area contributed by atoms with Crippen LogP contribution in [0.5, 0.6) is 0 Å². The molecule has 0 spiro atoms. The van der Waals surface area contributed by atoms with Gasteiger partial charge in [-0.05, 0) is 17.7 Å². The molecule has 0 radical (unpaired) electrons. The molecule has 5 heteroatoms. The van der Waals surface area contributed by atoms with Crippen molar-refractivity contribution in [2.45, 2.75) is 12.0 Å². The van der Waals surface area contributed by atoms with Crippen molar-refractivity contribution in [3.63, 3.8) is 0 Å². The van der Waals surface area contributed by atoms with Crippen LogP contribution in [0.1, 0.15) is 15.9 Å². The topological polar surface area (TPSA) is 49.8 Å². The van der Waals surface area contributed by atoms with E-state index in [9.17, 15) is 14.3 Å². The Morgan fingerprint density at radius 3 is 2.58 bits per heavy atom. The number of aliphatic hydroxyl groups is 1. The predicted octanol–water partition coefficient (Wildman–Crippen LogP) is 2.27. The molecule has 1 amide bonds. The molecule has 2 aromatic rings. The minimum Gasteiger partial charge on any atom is -0.393 e. The predicted molar refractivity (Wildman–Crippen MR) is 88.2 cm³/mol. The Morgan fingerprint density at radius 2 is 1.88 bits per heavy atom. The summed E-state index contributed by atoms with van der Waals surface area (Å²) in [5.41, 5.74) is 0.207. The number of carbonyl (C=O) groups excluding carboxylic acids is 1.